The third kappa shape index (κ3) is 2.58. The lowest BCUT2D eigenvalue weighted by atomic mass is 10.1. The SMILES string of the molecule is CC(CNc1ccnc2ccccc12)c1nccs1. The van der Waals surface area contributed by atoms with E-state index in [9.17, 15) is 0 Å². The van der Waals surface area contributed by atoms with Crippen molar-refractivity contribution >= 4 is 27.9 Å². The van der Waals surface area contributed by atoms with Crippen LogP contribution in [-0.4, -0.2) is 16.5 Å². The van der Waals surface area contributed by atoms with Crippen LogP contribution < -0.4 is 5.32 Å². The van der Waals surface area contributed by atoms with Crippen LogP contribution in [0.15, 0.2) is 48.1 Å². The molecule has 4 heteroatoms. The summed E-state index contributed by atoms with van der Waals surface area (Å²) in [6, 6.07) is 10.2. The zero-order chi connectivity index (χ0) is 13.1. The predicted octanol–water partition coefficient (Wildman–Crippen LogP) is 3.91. The lowest BCUT2D eigenvalue weighted by Crippen LogP contribution is -2.09. The van der Waals surface area contributed by atoms with Crippen LogP contribution >= 0.6 is 11.3 Å². The highest BCUT2D eigenvalue weighted by Gasteiger charge is 2.08. The summed E-state index contributed by atoms with van der Waals surface area (Å²) in [6.07, 6.45) is 3.71. The van der Waals surface area contributed by atoms with Gasteiger partial charge >= 0.3 is 0 Å². The largest absolute Gasteiger partial charge is 0.384 e. The molecule has 1 unspecified atom stereocenters. The second kappa shape index (κ2) is 5.36. The van der Waals surface area contributed by atoms with Crippen molar-refractivity contribution in [3.63, 3.8) is 0 Å². The van der Waals surface area contributed by atoms with Crippen LogP contribution in [0.5, 0.6) is 0 Å². The quantitative estimate of drug-likeness (QED) is 0.780. The summed E-state index contributed by atoms with van der Waals surface area (Å²) in [6.45, 7) is 3.07. The minimum atomic E-state index is 0.409. The molecule has 3 nitrogen and oxygen atoms in total. The number of hydrogen-bond donors (Lipinski definition) is 1. The first-order valence-electron chi connectivity index (χ1n) is 6.31. The van der Waals surface area contributed by atoms with Crippen LogP contribution in [0.3, 0.4) is 0 Å². The molecule has 0 aliphatic carbocycles. The maximum atomic E-state index is 4.37. The van der Waals surface area contributed by atoms with Crippen molar-refractivity contribution in [1.82, 2.24) is 9.97 Å². The number of hydrogen-bond acceptors (Lipinski definition) is 4. The summed E-state index contributed by atoms with van der Waals surface area (Å²) < 4.78 is 0. The Morgan fingerprint density at radius 1 is 1.16 bits per heavy atom. The van der Waals surface area contributed by atoms with E-state index in [1.807, 2.05) is 42.0 Å². The van der Waals surface area contributed by atoms with Gasteiger partial charge in [-0.1, -0.05) is 25.1 Å². The molecule has 0 bridgehead atoms. The first kappa shape index (κ1) is 12.1. The highest BCUT2D eigenvalue weighted by Crippen LogP contribution is 2.23. The molecule has 0 aliphatic heterocycles. The average molecular weight is 269 g/mol. The van der Waals surface area contributed by atoms with Crippen molar-refractivity contribution in [3.05, 3.63) is 53.1 Å². The summed E-state index contributed by atoms with van der Waals surface area (Å²) in [7, 11) is 0. The second-order valence-electron chi connectivity index (χ2n) is 4.53. The molecule has 1 aromatic carbocycles. The van der Waals surface area contributed by atoms with Gasteiger partial charge in [-0.3, -0.25) is 4.98 Å². The molecule has 19 heavy (non-hydrogen) atoms. The minimum Gasteiger partial charge on any atom is -0.384 e. The van der Waals surface area contributed by atoms with E-state index in [0.29, 0.717) is 5.92 Å². The van der Waals surface area contributed by atoms with Crippen molar-refractivity contribution in [2.45, 2.75) is 12.8 Å². The lowest BCUT2D eigenvalue weighted by Gasteiger charge is -2.12. The topological polar surface area (TPSA) is 37.8 Å². The zero-order valence-corrected chi connectivity index (χ0v) is 11.5. The Hall–Kier alpha value is -1.94. The van der Waals surface area contributed by atoms with Crippen LogP contribution in [-0.2, 0) is 0 Å². The minimum absolute atomic E-state index is 0.409. The average Bonchev–Trinajstić information content (AvgIpc) is 2.99. The summed E-state index contributed by atoms with van der Waals surface area (Å²) >= 11 is 1.71. The Labute approximate surface area is 116 Å². The first-order valence-corrected chi connectivity index (χ1v) is 7.19. The molecule has 3 rings (SSSR count). The molecule has 0 fully saturated rings. The number of nitrogens with one attached hydrogen (secondary N) is 1. The Bertz CT molecular complexity index is 659. The van der Waals surface area contributed by atoms with Gasteiger partial charge in [0, 0.05) is 41.3 Å². The fraction of sp³-hybridized carbons (Fsp3) is 0.200. The van der Waals surface area contributed by atoms with Crippen molar-refractivity contribution < 1.29 is 0 Å². The lowest BCUT2D eigenvalue weighted by molar-refractivity contribution is 0.795. The molecule has 2 heterocycles. The van der Waals surface area contributed by atoms with Crippen molar-refractivity contribution in [2.24, 2.45) is 0 Å². The Kier molecular flexibility index (Phi) is 3.42. The number of thiazole rings is 1. The molecular formula is C15H15N3S. The fourth-order valence-electron chi connectivity index (χ4n) is 2.08. The number of para-hydroxylation sites is 1. The monoisotopic (exact) mass is 269 g/mol. The number of pyridine rings is 1. The molecule has 1 N–H and O–H groups in total. The van der Waals surface area contributed by atoms with Crippen molar-refractivity contribution in [2.75, 3.05) is 11.9 Å². The van der Waals surface area contributed by atoms with Crippen LogP contribution in [0.1, 0.15) is 17.8 Å². The van der Waals surface area contributed by atoms with Gasteiger partial charge in [0.1, 0.15) is 0 Å². The zero-order valence-electron chi connectivity index (χ0n) is 10.7. The molecule has 0 spiro atoms. The number of fused-ring (bicyclic) bond motifs is 1. The van der Waals surface area contributed by atoms with E-state index in [1.54, 1.807) is 11.3 Å². The maximum absolute atomic E-state index is 4.37. The van der Waals surface area contributed by atoms with E-state index in [-0.39, 0.29) is 0 Å². The van der Waals surface area contributed by atoms with Crippen LogP contribution in [0, 0.1) is 0 Å². The normalized spacial score (nSPS) is 12.5. The third-order valence-corrected chi connectivity index (χ3v) is 4.13. The highest BCUT2D eigenvalue weighted by atomic mass is 32.1. The van der Waals surface area contributed by atoms with Crippen molar-refractivity contribution in [3.8, 4) is 0 Å². The van der Waals surface area contributed by atoms with Gasteiger partial charge in [0.05, 0.1) is 10.5 Å². The molecule has 0 saturated carbocycles. The number of anilines is 1. The maximum Gasteiger partial charge on any atom is 0.0970 e. The van der Waals surface area contributed by atoms with Crippen LogP contribution in [0.4, 0.5) is 5.69 Å². The van der Waals surface area contributed by atoms with E-state index in [0.717, 1.165) is 23.1 Å². The van der Waals surface area contributed by atoms with Gasteiger partial charge in [-0.15, -0.1) is 11.3 Å². The van der Waals surface area contributed by atoms with Gasteiger partial charge in [-0.25, -0.2) is 4.98 Å². The van der Waals surface area contributed by atoms with E-state index in [4.69, 9.17) is 0 Å². The van der Waals surface area contributed by atoms with E-state index >= 15 is 0 Å². The van der Waals surface area contributed by atoms with Gasteiger partial charge in [-0.2, -0.15) is 0 Å². The van der Waals surface area contributed by atoms with Crippen LogP contribution in [0.2, 0.25) is 0 Å². The van der Waals surface area contributed by atoms with Gasteiger partial charge < -0.3 is 5.32 Å². The summed E-state index contributed by atoms with van der Waals surface area (Å²) in [5.74, 6) is 0.409. The third-order valence-electron chi connectivity index (χ3n) is 3.12. The second-order valence-corrected chi connectivity index (χ2v) is 5.45. The number of rotatable bonds is 4. The number of benzene rings is 1. The molecule has 96 valence electrons. The van der Waals surface area contributed by atoms with Gasteiger partial charge in [0.15, 0.2) is 0 Å². The van der Waals surface area contributed by atoms with E-state index < -0.39 is 0 Å². The molecule has 0 saturated heterocycles. The van der Waals surface area contributed by atoms with Gasteiger partial charge in [0.25, 0.3) is 0 Å². The summed E-state index contributed by atoms with van der Waals surface area (Å²) in [5.41, 5.74) is 2.16. The molecule has 2 aromatic heterocycles. The standard InChI is InChI=1S/C15H15N3S/c1-11(15-17-8-9-19-15)10-18-14-6-7-16-13-5-3-2-4-12(13)14/h2-9,11H,10H2,1H3,(H,16,18). The summed E-state index contributed by atoms with van der Waals surface area (Å²) in [5, 5.41) is 7.86. The molecule has 0 radical (unpaired) electrons. The number of nitrogens with zero attached hydrogens (tertiary/aromatic N) is 2. The van der Waals surface area contributed by atoms with Crippen LogP contribution in [0.25, 0.3) is 10.9 Å². The van der Waals surface area contributed by atoms with E-state index in [2.05, 4.69) is 28.3 Å². The predicted molar refractivity (Wildman–Crippen MR) is 80.8 cm³/mol. The molecule has 3 aromatic rings. The smallest absolute Gasteiger partial charge is 0.0970 e. The molecule has 1 atom stereocenters. The first-order chi connectivity index (χ1) is 9.34. The summed E-state index contributed by atoms with van der Waals surface area (Å²) in [4.78, 5) is 8.73. The highest BCUT2D eigenvalue weighted by molar-refractivity contribution is 7.09. The molecule has 0 amide bonds. The van der Waals surface area contributed by atoms with Gasteiger partial charge in [-0.05, 0) is 12.1 Å². The van der Waals surface area contributed by atoms with Gasteiger partial charge in [0.2, 0.25) is 0 Å². The Morgan fingerprint density at radius 2 is 2.05 bits per heavy atom. The molecular weight excluding hydrogens is 254 g/mol. The number of aromatic nitrogens is 2. The fourth-order valence-corrected chi connectivity index (χ4v) is 2.78. The Balaban J connectivity index is 1.79. The molecule has 0 aliphatic rings. The Morgan fingerprint density at radius 3 is 2.89 bits per heavy atom. The van der Waals surface area contributed by atoms with Crippen molar-refractivity contribution in [1.29, 1.82) is 0 Å². The van der Waals surface area contributed by atoms with E-state index in [1.165, 1.54) is 5.01 Å².